The molecule has 0 aliphatic heterocycles. The van der Waals surface area contributed by atoms with E-state index < -0.39 is 5.41 Å². The van der Waals surface area contributed by atoms with Crippen LogP contribution in [0.5, 0.6) is 0 Å². The van der Waals surface area contributed by atoms with Crippen LogP contribution < -0.4 is 5.32 Å². The summed E-state index contributed by atoms with van der Waals surface area (Å²) in [4.78, 5) is 24.2. The highest BCUT2D eigenvalue weighted by atomic mass is 35.5. The zero-order chi connectivity index (χ0) is 22.3. The second-order valence-electron chi connectivity index (χ2n) is 10.1. The molecule has 0 saturated heterocycles. The molecule has 2 aromatic carbocycles. The molecule has 1 heterocycles. The van der Waals surface area contributed by atoms with Crippen molar-refractivity contribution in [2.45, 2.75) is 65.2 Å². The molecule has 1 amide bonds. The van der Waals surface area contributed by atoms with E-state index in [1.54, 1.807) is 0 Å². The van der Waals surface area contributed by atoms with Crippen LogP contribution in [-0.2, 0) is 15.6 Å². The quantitative estimate of drug-likeness (QED) is 0.525. The fourth-order valence-electron chi connectivity index (χ4n) is 5.82. The lowest BCUT2D eigenvalue weighted by Crippen LogP contribution is -2.48. The summed E-state index contributed by atoms with van der Waals surface area (Å²) in [6, 6.07) is 9.80. The van der Waals surface area contributed by atoms with Crippen molar-refractivity contribution < 1.29 is 4.79 Å². The molecule has 5 rings (SSSR count). The first-order valence-corrected chi connectivity index (χ1v) is 11.3. The summed E-state index contributed by atoms with van der Waals surface area (Å²) >= 11 is 6.22. The maximum absolute atomic E-state index is 14.0. The normalized spacial score (nSPS) is 25.6. The third-order valence-corrected chi connectivity index (χ3v) is 8.72. The van der Waals surface area contributed by atoms with Crippen molar-refractivity contribution in [3.05, 3.63) is 63.4 Å². The molecule has 1 fully saturated rings. The largest absolute Gasteiger partial charge is 0.325 e. The topological polar surface area (TPSA) is 54.9 Å². The standard InChI is InChI=1S/C26H28ClN3O/c1-14-7-8-17(27)13-18(14)30-23(31)26-10-9-25(6,24(26,4)5)21-22(26)29-20-12-16(3)15(2)11-19(20)28-21/h7-8,11-13H,9-10H2,1-6H3,(H,30,31). The summed E-state index contributed by atoms with van der Waals surface area (Å²) in [6.07, 6.45) is 1.68. The van der Waals surface area contributed by atoms with Gasteiger partial charge in [0.2, 0.25) is 5.91 Å². The molecule has 31 heavy (non-hydrogen) atoms. The van der Waals surface area contributed by atoms with Crippen molar-refractivity contribution in [2.75, 3.05) is 5.32 Å². The number of hydrogen-bond acceptors (Lipinski definition) is 3. The first-order chi connectivity index (χ1) is 14.5. The van der Waals surface area contributed by atoms with Gasteiger partial charge in [-0.15, -0.1) is 0 Å². The third-order valence-electron chi connectivity index (χ3n) is 8.49. The average molecular weight is 434 g/mol. The molecule has 2 unspecified atom stereocenters. The van der Waals surface area contributed by atoms with Gasteiger partial charge in [-0.3, -0.25) is 4.79 Å². The minimum atomic E-state index is -0.730. The first kappa shape index (κ1) is 20.4. The van der Waals surface area contributed by atoms with Gasteiger partial charge in [-0.25, -0.2) is 9.97 Å². The highest BCUT2D eigenvalue weighted by molar-refractivity contribution is 6.31. The van der Waals surface area contributed by atoms with Gasteiger partial charge in [-0.05, 0) is 80.0 Å². The Morgan fingerprint density at radius 1 is 0.903 bits per heavy atom. The van der Waals surface area contributed by atoms with Crippen molar-refractivity contribution in [2.24, 2.45) is 5.41 Å². The number of amides is 1. The number of aromatic nitrogens is 2. The van der Waals surface area contributed by atoms with E-state index in [1.165, 1.54) is 11.1 Å². The van der Waals surface area contributed by atoms with Gasteiger partial charge < -0.3 is 5.32 Å². The molecular formula is C26H28ClN3O. The first-order valence-electron chi connectivity index (χ1n) is 10.9. The van der Waals surface area contributed by atoms with Crippen LogP contribution in [0.3, 0.4) is 0 Å². The Bertz CT molecular complexity index is 1280. The Morgan fingerprint density at radius 2 is 1.52 bits per heavy atom. The molecule has 1 N–H and O–H groups in total. The number of benzene rings is 2. The molecule has 2 aliphatic carbocycles. The van der Waals surface area contributed by atoms with Gasteiger partial charge in [0.1, 0.15) is 0 Å². The smallest absolute Gasteiger partial charge is 0.237 e. The number of rotatable bonds is 2. The minimum absolute atomic E-state index is 0.0113. The number of aryl methyl sites for hydroxylation is 3. The predicted octanol–water partition coefficient (Wildman–Crippen LogP) is 6.18. The number of nitrogens with one attached hydrogen (secondary N) is 1. The molecule has 5 heteroatoms. The fraction of sp³-hybridized carbons (Fsp3) is 0.423. The van der Waals surface area contributed by atoms with E-state index in [1.807, 2.05) is 25.1 Å². The van der Waals surface area contributed by atoms with Crippen LogP contribution in [0.4, 0.5) is 5.69 Å². The molecule has 1 aromatic heterocycles. The SMILES string of the molecule is Cc1cc2nc3c(nc2cc1C)C1(C(=O)Nc2cc(Cl)ccc2C)CCC3(C)C1(C)C. The highest BCUT2D eigenvalue weighted by Crippen LogP contribution is 2.70. The van der Waals surface area contributed by atoms with Crippen molar-refractivity contribution in [1.29, 1.82) is 0 Å². The van der Waals surface area contributed by atoms with Gasteiger partial charge in [-0.2, -0.15) is 0 Å². The Hall–Kier alpha value is -2.46. The number of nitrogens with zero attached hydrogens (tertiary/aromatic N) is 2. The number of halogens is 1. The van der Waals surface area contributed by atoms with Crippen LogP contribution in [0.25, 0.3) is 11.0 Å². The van der Waals surface area contributed by atoms with E-state index in [0.29, 0.717) is 5.02 Å². The van der Waals surface area contributed by atoms with E-state index >= 15 is 0 Å². The van der Waals surface area contributed by atoms with Crippen LogP contribution >= 0.6 is 11.6 Å². The molecule has 3 aromatic rings. The fourth-order valence-corrected chi connectivity index (χ4v) is 5.99. The van der Waals surface area contributed by atoms with Crippen molar-refractivity contribution in [3.63, 3.8) is 0 Å². The Kier molecular flexibility index (Phi) is 4.15. The van der Waals surface area contributed by atoms with Gasteiger partial charge in [0.15, 0.2) is 0 Å². The Balaban J connectivity index is 1.72. The van der Waals surface area contributed by atoms with E-state index in [2.05, 4.69) is 52.1 Å². The molecule has 2 aliphatic rings. The van der Waals surface area contributed by atoms with E-state index in [0.717, 1.165) is 46.5 Å². The predicted molar refractivity (Wildman–Crippen MR) is 126 cm³/mol. The number of carbonyl (C=O) groups excluding carboxylic acids is 1. The van der Waals surface area contributed by atoms with Crippen LogP contribution in [0, 0.1) is 26.2 Å². The van der Waals surface area contributed by atoms with Crippen LogP contribution in [0.15, 0.2) is 30.3 Å². The zero-order valence-electron chi connectivity index (χ0n) is 19.0. The lowest BCUT2D eigenvalue weighted by Gasteiger charge is -2.39. The molecule has 4 nitrogen and oxygen atoms in total. The second kappa shape index (κ2) is 6.29. The number of hydrogen-bond donors (Lipinski definition) is 1. The zero-order valence-corrected chi connectivity index (χ0v) is 19.7. The Morgan fingerprint density at radius 3 is 2.16 bits per heavy atom. The number of anilines is 1. The van der Waals surface area contributed by atoms with E-state index in [9.17, 15) is 4.79 Å². The van der Waals surface area contributed by atoms with Crippen molar-refractivity contribution in [1.82, 2.24) is 9.97 Å². The van der Waals surface area contributed by atoms with Gasteiger partial charge in [0.05, 0.1) is 27.8 Å². The van der Waals surface area contributed by atoms with E-state index in [4.69, 9.17) is 21.6 Å². The summed E-state index contributed by atoms with van der Waals surface area (Å²) in [6.45, 7) is 12.8. The molecule has 1 saturated carbocycles. The van der Waals surface area contributed by atoms with Crippen molar-refractivity contribution >= 4 is 34.2 Å². The number of carbonyl (C=O) groups is 1. The van der Waals surface area contributed by atoms with Gasteiger partial charge in [-0.1, -0.05) is 38.4 Å². The molecule has 2 atom stereocenters. The molecule has 2 bridgehead atoms. The minimum Gasteiger partial charge on any atom is -0.325 e. The van der Waals surface area contributed by atoms with Crippen LogP contribution in [-0.4, -0.2) is 15.9 Å². The second-order valence-corrected chi connectivity index (χ2v) is 10.6. The summed E-state index contributed by atoms with van der Waals surface area (Å²) in [5.74, 6) is -0.0113. The monoisotopic (exact) mass is 433 g/mol. The summed E-state index contributed by atoms with van der Waals surface area (Å²) in [7, 11) is 0. The summed E-state index contributed by atoms with van der Waals surface area (Å²) in [5.41, 5.74) is 6.48. The van der Waals surface area contributed by atoms with Gasteiger partial charge >= 0.3 is 0 Å². The highest BCUT2D eigenvalue weighted by Gasteiger charge is 2.73. The van der Waals surface area contributed by atoms with Gasteiger partial charge in [0, 0.05) is 16.1 Å². The van der Waals surface area contributed by atoms with Crippen molar-refractivity contribution in [3.8, 4) is 0 Å². The number of fused-ring (bicyclic) bond motifs is 6. The molecule has 160 valence electrons. The van der Waals surface area contributed by atoms with Gasteiger partial charge in [0.25, 0.3) is 0 Å². The Labute approximate surface area is 188 Å². The summed E-state index contributed by atoms with van der Waals surface area (Å²) < 4.78 is 0. The van der Waals surface area contributed by atoms with Crippen LogP contribution in [0.1, 0.15) is 61.7 Å². The van der Waals surface area contributed by atoms with Crippen LogP contribution in [0.2, 0.25) is 5.02 Å². The lowest BCUT2D eigenvalue weighted by molar-refractivity contribution is -0.125. The molecule has 0 radical (unpaired) electrons. The maximum atomic E-state index is 14.0. The third kappa shape index (κ3) is 2.46. The maximum Gasteiger partial charge on any atom is 0.237 e. The van der Waals surface area contributed by atoms with E-state index in [-0.39, 0.29) is 16.7 Å². The molecule has 0 spiro atoms. The summed E-state index contributed by atoms with van der Waals surface area (Å²) in [5, 5.41) is 3.81. The molecular weight excluding hydrogens is 406 g/mol. The average Bonchev–Trinajstić information content (AvgIpc) is 3.00. The lowest BCUT2D eigenvalue weighted by atomic mass is 9.63.